The van der Waals surface area contributed by atoms with Gasteiger partial charge in [-0.25, -0.2) is 15.0 Å². The highest BCUT2D eigenvalue weighted by Gasteiger charge is 2.21. The van der Waals surface area contributed by atoms with Crippen LogP contribution in [0.5, 0.6) is 11.5 Å². The van der Waals surface area contributed by atoms with Gasteiger partial charge in [-0.3, -0.25) is 0 Å². The molecule has 2 aliphatic heterocycles. The molecule has 1 saturated carbocycles. The van der Waals surface area contributed by atoms with Crippen molar-refractivity contribution in [3.05, 3.63) is 42.5 Å². The second-order valence-electron chi connectivity index (χ2n) is 7.27. The standard InChI is InChI=1S/C21H25N5O2/c1-13(2)20-24-18-19(22)23-12-26(21(18)25-20)11-14-8-9-16(27-3)17(10-14)28-15-6-4-5-7-15/h8-10,12,15H,1,4-7,11,22H2,2-3H3. The van der Waals surface area contributed by atoms with E-state index in [9.17, 15) is 0 Å². The van der Waals surface area contributed by atoms with Crippen LogP contribution in [0.1, 0.15) is 44.0 Å². The molecule has 7 heteroatoms. The molecule has 7 nitrogen and oxygen atoms in total. The Morgan fingerprint density at radius 3 is 2.75 bits per heavy atom. The van der Waals surface area contributed by atoms with E-state index in [-0.39, 0.29) is 6.10 Å². The summed E-state index contributed by atoms with van der Waals surface area (Å²) in [7, 11) is 1.66. The Kier molecular flexibility index (Phi) is 4.90. The number of benzene rings is 1. The SMILES string of the molecule is C=C(C)c1nc2c(N)ncn(Cc3ccc(OC)c(OC4CCCC4)c3)c-2n1. The molecule has 0 atom stereocenters. The summed E-state index contributed by atoms with van der Waals surface area (Å²) in [6.45, 7) is 6.36. The molecule has 1 fully saturated rings. The number of rotatable bonds is 6. The predicted molar refractivity (Wildman–Crippen MR) is 109 cm³/mol. The first-order valence-corrected chi connectivity index (χ1v) is 9.53. The molecule has 2 heterocycles. The summed E-state index contributed by atoms with van der Waals surface area (Å²) >= 11 is 0. The van der Waals surface area contributed by atoms with Gasteiger partial charge in [-0.05, 0) is 55.9 Å². The molecule has 1 aromatic carbocycles. The Bertz CT molecular complexity index is 975. The molecule has 3 aliphatic rings. The molecule has 1 aromatic rings. The van der Waals surface area contributed by atoms with Crippen molar-refractivity contribution in [3.8, 4) is 23.0 Å². The van der Waals surface area contributed by atoms with Crippen molar-refractivity contribution < 1.29 is 9.47 Å². The first kappa shape index (κ1) is 18.3. The molecular formula is C21H25N5O2. The van der Waals surface area contributed by atoms with E-state index in [4.69, 9.17) is 15.2 Å². The maximum atomic E-state index is 6.21. The van der Waals surface area contributed by atoms with Crippen LogP contribution in [0, 0.1) is 0 Å². The Balaban J connectivity index is 1.65. The predicted octanol–water partition coefficient (Wildman–Crippen LogP) is 3.77. The summed E-state index contributed by atoms with van der Waals surface area (Å²) in [4.78, 5) is 13.3. The van der Waals surface area contributed by atoms with Crippen LogP contribution < -0.4 is 15.2 Å². The van der Waals surface area contributed by atoms with E-state index in [2.05, 4.69) is 21.5 Å². The molecule has 0 bridgehead atoms. The Hall–Kier alpha value is -3.09. The van der Waals surface area contributed by atoms with Crippen molar-refractivity contribution in [2.75, 3.05) is 12.8 Å². The highest BCUT2D eigenvalue weighted by atomic mass is 16.5. The summed E-state index contributed by atoms with van der Waals surface area (Å²) < 4.78 is 13.6. The van der Waals surface area contributed by atoms with E-state index >= 15 is 0 Å². The fraction of sp³-hybridized carbons (Fsp3) is 0.381. The number of nitrogens with zero attached hydrogens (tertiary/aromatic N) is 4. The number of allylic oxidation sites excluding steroid dienone is 1. The fourth-order valence-electron chi connectivity index (χ4n) is 3.55. The Morgan fingerprint density at radius 1 is 1.25 bits per heavy atom. The Morgan fingerprint density at radius 2 is 2.04 bits per heavy atom. The third-order valence-corrected chi connectivity index (χ3v) is 5.05. The number of fused-ring (bicyclic) bond motifs is 1. The van der Waals surface area contributed by atoms with Crippen molar-refractivity contribution in [1.82, 2.24) is 19.5 Å². The Labute approximate surface area is 164 Å². The quantitative estimate of drug-likeness (QED) is 0.701. The van der Waals surface area contributed by atoms with E-state index < -0.39 is 0 Å². The lowest BCUT2D eigenvalue weighted by Crippen LogP contribution is -2.12. The first-order valence-electron chi connectivity index (χ1n) is 9.53. The first-order chi connectivity index (χ1) is 13.5. The van der Waals surface area contributed by atoms with Crippen LogP contribution in [0.4, 0.5) is 5.82 Å². The lowest BCUT2D eigenvalue weighted by Gasteiger charge is -2.17. The average molecular weight is 379 g/mol. The van der Waals surface area contributed by atoms with Crippen LogP contribution >= 0.6 is 0 Å². The number of nitrogens with two attached hydrogens (primary N) is 1. The molecule has 4 rings (SSSR count). The van der Waals surface area contributed by atoms with Crippen LogP contribution in [0.15, 0.2) is 31.1 Å². The van der Waals surface area contributed by atoms with Crippen LogP contribution in [-0.2, 0) is 6.54 Å². The minimum atomic E-state index is 0.265. The second kappa shape index (κ2) is 7.50. The molecule has 146 valence electrons. The zero-order valence-corrected chi connectivity index (χ0v) is 16.3. The molecule has 2 N–H and O–H groups in total. The monoisotopic (exact) mass is 379 g/mol. The van der Waals surface area contributed by atoms with E-state index in [0.717, 1.165) is 35.5 Å². The molecule has 0 spiro atoms. The normalized spacial score (nSPS) is 14.5. The van der Waals surface area contributed by atoms with Gasteiger partial charge < -0.3 is 19.8 Å². The van der Waals surface area contributed by atoms with Gasteiger partial charge in [0.05, 0.1) is 26.1 Å². The number of imidazole rings is 1. The van der Waals surface area contributed by atoms with Gasteiger partial charge in [0.1, 0.15) is 0 Å². The van der Waals surface area contributed by atoms with Crippen molar-refractivity contribution in [2.45, 2.75) is 45.3 Å². The third-order valence-electron chi connectivity index (χ3n) is 5.05. The number of aromatic nitrogens is 4. The van der Waals surface area contributed by atoms with Gasteiger partial charge in [-0.15, -0.1) is 0 Å². The summed E-state index contributed by atoms with van der Waals surface area (Å²) in [6, 6.07) is 5.99. The number of hydrogen-bond acceptors (Lipinski definition) is 6. The van der Waals surface area contributed by atoms with Gasteiger partial charge in [0.2, 0.25) is 0 Å². The van der Waals surface area contributed by atoms with Crippen molar-refractivity contribution >= 4 is 11.4 Å². The van der Waals surface area contributed by atoms with Crippen molar-refractivity contribution in [1.29, 1.82) is 0 Å². The molecule has 0 amide bonds. The molecule has 0 radical (unpaired) electrons. The van der Waals surface area contributed by atoms with E-state index in [1.807, 2.05) is 29.7 Å². The van der Waals surface area contributed by atoms with E-state index in [1.54, 1.807) is 13.4 Å². The fourth-order valence-corrected chi connectivity index (χ4v) is 3.55. The largest absolute Gasteiger partial charge is 0.493 e. The number of hydrogen-bond donors (Lipinski definition) is 1. The second-order valence-corrected chi connectivity index (χ2v) is 7.27. The number of ether oxygens (including phenoxy) is 2. The minimum absolute atomic E-state index is 0.265. The average Bonchev–Trinajstić information content (AvgIpc) is 3.35. The van der Waals surface area contributed by atoms with Gasteiger partial charge in [0.25, 0.3) is 0 Å². The third kappa shape index (κ3) is 3.52. The number of nitrogen functional groups attached to an aromatic ring is 1. The van der Waals surface area contributed by atoms with E-state index in [1.165, 1.54) is 12.8 Å². The zero-order chi connectivity index (χ0) is 19.7. The lowest BCUT2D eigenvalue weighted by atomic mass is 10.2. The van der Waals surface area contributed by atoms with Crippen LogP contribution in [0.25, 0.3) is 17.1 Å². The molecule has 0 saturated heterocycles. The van der Waals surface area contributed by atoms with Crippen LogP contribution in [0.3, 0.4) is 0 Å². The highest BCUT2D eigenvalue weighted by molar-refractivity contribution is 5.69. The summed E-state index contributed by atoms with van der Waals surface area (Å²) in [5.74, 6) is 3.18. The molecular weight excluding hydrogens is 354 g/mol. The smallest absolute Gasteiger partial charge is 0.166 e. The molecule has 1 aliphatic carbocycles. The number of methoxy groups -OCH3 is 1. The van der Waals surface area contributed by atoms with Crippen LogP contribution in [0.2, 0.25) is 0 Å². The molecule has 28 heavy (non-hydrogen) atoms. The molecule has 0 aromatic heterocycles. The minimum Gasteiger partial charge on any atom is -0.493 e. The lowest BCUT2D eigenvalue weighted by molar-refractivity contribution is 0.200. The van der Waals surface area contributed by atoms with Gasteiger partial charge >= 0.3 is 0 Å². The van der Waals surface area contributed by atoms with Crippen molar-refractivity contribution in [2.24, 2.45) is 0 Å². The zero-order valence-electron chi connectivity index (χ0n) is 16.3. The number of anilines is 1. The van der Waals surface area contributed by atoms with Gasteiger partial charge in [-0.2, -0.15) is 0 Å². The topological polar surface area (TPSA) is 88.1 Å². The molecule has 0 unspecified atom stereocenters. The highest BCUT2D eigenvalue weighted by Crippen LogP contribution is 2.33. The van der Waals surface area contributed by atoms with E-state index in [0.29, 0.717) is 29.7 Å². The van der Waals surface area contributed by atoms with Gasteiger partial charge in [0, 0.05) is 0 Å². The van der Waals surface area contributed by atoms with Gasteiger partial charge in [-0.1, -0.05) is 12.6 Å². The maximum Gasteiger partial charge on any atom is 0.166 e. The van der Waals surface area contributed by atoms with Crippen molar-refractivity contribution in [3.63, 3.8) is 0 Å². The van der Waals surface area contributed by atoms with Gasteiger partial charge in [0.15, 0.2) is 34.7 Å². The summed E-state index contributed by atoms with van der Waals surface area (Å²) in [5.41, 5.74) is 8.44. The summed E-state index contributed by atoms with van der Waals surface area (Å²) in [5, 5.41) is 0. The maximum absolute atomic E-state index is 6.21. The van der Waals surface area contributed by atoms with Crippen LogP contribution in [-0.4, -0.2) is 32.7 Å². The summed E-state index contributed by atoms with van der Waals surface area (Å²) in [6.07, 6.45) is 6.59.